The fourth-order valence-corrected chi connectivity index (χ4v) is 9.34. The van der Waals surface area contributed by atoms with Crippen molar-refractivity contribution >= 4 is 33.1 Å². The van der Waals surface area contributed by atoms with Crippen LogP contribution < -0.4 is 0 Å². The van der Waals surface area contributed by atoms with Gasteiger partial charge in [-0.15, -0.1) is 11.3 Å². The number of piperidine rings is 1. The highest BCUT2D eigenvalue weighted by Crippen LogP contribution is 2.60. The van der Waals surface area contributed by atoms with Crippen molar-refractivity contribution < 1.29 is 22.7 Å². The highest BCUT2D eigenvalue weighted by molar-refractivity contribution is 7.91. The van der Waals surface area contributed by atoms with Gasteiger partial charge in [-0.05, 0) is 80.6 Å². The highest BCUT2D eigenvalue weighted by atomic mass is 32.2. The maximum absolute atomic E-state index is 13.0. The minimum Gasteiger partial charge on any atom is -0.457 e. The first-order chi connectivity index (χ1) is 14.4. The van der Waals surface area contributed by atoms with Gasteiger partial charge in [-0.2, -0.15) is 4.31 Å². The molecule has 5 aliphatic rings. The number of ether oxygens (including phenoxy) is 1. The van der Waals surface area contributed by atoms with Gasteiger partial charge in [0.25, 0.3) is 10.0 Å². The zero-order valence-corrected chi connectivity index (χ0v) is 18.8. The molecule has 0 N–H and O–H groups in total. The lowest BCUT2D eigenvalue weighted by Gasteiger charge is -2.55. The smallest absolute Gasteiger partial charge is 0.309 e. The summed E-state index contributed by atoms with van der Waals surface area (Å²) in [6.07, 6.45) is 7.65. The van der Waals surface area contributed by atoms with E-state index in [9.17, 15) is 18.0 Å². The Hall–Kier alpha value is -1.25. The van der Waals surface area contributed by atoms with Crippen LogP contribution in [0.3, 0.4) is 0 Å². The molecule has 4 aliphatic carbocycles. The Bertz CT molecular complexity index is 880. The Kier molecular flexibility index (Phi) is 5.30. The molecule has 0 unspecified atom stereocenters. The van der Waals surface area contributed by atoms with Crippen LogP contribution in [0, 0.1) is 29.1 Å². The van der Waals surface area contributed by atoms with Gasteiger partial charge in [0.2, 0.25) is 0 Å². The summed E-state index contributed by atoms with van der Waals surface area (Å²) in [6, 6.07) is 3.33. The number of thiophene rings is 1. The van der Waals surface area contributed by atoms with Crippen molar-refractivity contribution in [3.8, 4) is 0 Å². The van der Waals surface area contributed by atoms with Crippen molar-refractivity contribution in [3.63, 3.8) is 0 Å². The van der Waals surface area contributed by atoms with Gasteiger partial charge in [-0.25, -0.2) is 8.42 Å². The molecule has 2 heterocycles. The third kappa shape index (κ3) is 3.65. The molecule has 1 aromatic rings. The number of rotatable bonds is 6. The first kappa shape index (κ1) is 20.6. The Morgan fingerprint density at radius 3 is 2.20 bits per heavy atom. The summed E-state index contributed by atoms with van der Waals surface area (Å²) in [6.45, 7) is 0.505. The predicted octanol–water partition coefficient (Wildman–Crippen LogP) is 3.48. The lowest BCUT2D eigenvalue weighted by Crippen LogP contribution is -2.51. The molecule has 8 heteroatoms. The summed E-state index contributed by atoms with van der Waals surface area (Å²) < 4.78 is 32.5. The summed E-state index contributed by atoms with van der Waals surface area (Å²) in [5.74, 6) is 1.50. The zero-order valence-electron chi connectivity index (χ0n) is 17.1. The first-order valence-electron chi connectivity index (χ1n) is 11.1. The fraction of sp³-hybridized carbons (Fsp3) is 0.727. The molecular weight excluding hydrogens is 422 g/mol. The lowest BCUT2D eigenvalue weighted by molar-refractivity contribution is -0.161. The molecule has 0 amide bonds. The van der Waals surface area contributed by atoms with Crippen LogP contribution in [0.5, 0.6) is 0 Å². The van der Waals surface area contributed by atoms with Crippen molar-refractivity contribution in [2.45, 2.75) is 55.6 Å². The van der Waals surface area contributed by atoms with Gasteiger partial charge in [-0.3, -0.25) is 9.59 Å². The van der Waals surface area contributed by atoms with Crippen LogP contribution >= 0.6 is 11.3 Å². The molecule has 0 spiro atoms. The van der Waals surface area contributed by atoms with Crippen molar-refractivity contribution in [2.24, 2.45) is 29.1 Å². The van der Waals surface area contributed by atoms with E-state index in [0.29, 0.717) is 47.9 Å². The number of carbonyl (C=O) groups is 2. The van der Waals surface area contributed by atoms with Crippen molar-refractivity contribution in [1.82, 2.24) is 4.31 Å². The van der Waals surface area contributed by atoms with Crippen molar-refractivity contribution in [3.05, 3.63) is 17.5 Å². The SMILES string of the molecule is O=C(OCC(=O)C12CC3CC(CC(C3)C1)C2)C1CCN(S(=O)(=O)c2cccs2)CC1. The number of esters is 1. The molecule has 4 bridgehead atoms. The second-order valence-corrected chi connectivity index (χ2v) is 13.0. The number of ketones is 1. The summed E-state index contributed by atoms with van der Waals surface area (Å²) in [5, 5.41) is 1.75. The number of hydrogen-bond donors (Lipinski definition) is 0. The average Bonchev–Trinajstić information content (AvgIpc) is 3.26. The highest BCUT2D eigenvalue weighted by Gasteiger charge is 2.54. The normalized spacial score (nSPS) is 34.2. The molecule has 6 rings (SSSR count). The first-order valence-corrected chi connectivity index (χ1v) is 13.4. The Labute approximate surface area is 182 Å². The van der Waals surface area contributed by atoms with Gasteiger partial charge in [0.05, 0.1) is 5.92 Å². The number of sulfonamides is 1. The maximum Gasteiger partial charge on any atom is 0.309 e. The summed E-state index contributed by atoms with van der Waals surface area (Å²) in [5.41, 5.74) is -0.243. The van der Waals surface area contributed by atoms with E-state index < -0.39 is 10.0 Å². The molecule has 1 aliphatic heterocycles. The van der Waals surface area contributed by atoms with Crippen molar-refractivity contribution in [1.29, 1.82) is 0 Å². The van der Waals surface area contributed by atoms with Crippen LogP contribution in [0.1, 0.15) is 51.4 Å². The maximum atomic E-state index is 13.0. The number of Topliss-reactive ketones (excluding diaryl/α,β-unsaturated/α-hetero) is 1. The molecule has 6 nitrogen and oxygen atoms in total. The quantitative estimate of drug-likeness (QED) is 0.619. The molecule has 0 radical (unpaired) electrons. The van der Waals surface area contributed by atoms with Crippen LogP contribution in [0.2, 0.25) is 0 Å². The van der Waals surface area contributed by atoms with E-state index in [0.717, 1.165) is 19.3 Å². The third-order valence-electron chi connectivity index (χ3n) is 7.85. The molecule has 1 aromatic heterocycles. The van der Waals surface area contributed by atoms with E-state index in [1.807, 2.05) is 0 Å². The molecule has 0 aromatic carbocycles. The van der Waals surface area contributed by atoms with Gasteiger partial charge in [-0.1, -0.05) is 6.07 Å². The molecule has 5 fully saturated rings. The minimum absolute atomic E-state index is 0.112. The fourth-order valence-electron chi connectivity index (χ4n) is 6.73. The Morgan fingerprint density at radius 2 is 1.67 bits per heavy atom. The minimum atomic E-state index is -3.47. The summed E-state index contributed by atoms with van der Waals surface area (Å²) in [7, 11) is -3.47. The van der Waals surface area contributed by atoms with Crippen LogP contribution in [0.15, 0.2) is 21.7 Å². The molecule has 30 heavy (non-hydrogen) atoms. The van der Waals surface area contributed by atoms with Gasteiger partial charge in [0.15, 0.2) is 12.4 Å². The summed E-state index contributed by atoms with van der Waals surface area (Å²) >= 11 is 1.21. The monoisotopic (exact) mass is 451 g/mol. The van der Waals surface area contributed by atoms with Crippen LogP contribution in [0.4, 0.5) is 0 Å². The third-order valence-corrected chi connectivity index (χ3v) is 11.1. The lowest BCUT2D eigenvalue weighted by atomic mass is 9.48. The number of carbonyl (C=O) groups excluding carboxylic acids is 2. The molecule has 1 saturated heterocycles. The average molecular weight is 452 g/mol. The predicted molar refractivity (Wildman–Crippen MR) is 112 cm³/mol. The largest absolute Gasteiger partial charge is 0.457 e. The Morgan fingerprint density at radius 1 is 1.07 bits per heavy atom. The van der Waals surface area contributed by atoms with Crippen molar-refractivity contribution in [2.75, 3.05) is 19.7 Å². The van der Waals surface area contributed by atoms with Gasteiger partial charge in [0.1, 0.15) is 4.21 Å². The second-order valence-electron chi connectivity index (χ2n) is 9.84. The van der Waals surface area contributed by atoms with Gasteiger partial charge >= 0.3 is 5.97 Å². The van der Waals surface area contributed by atoms with E-state index in [-0.39, 0.29) is 29.7 Å². The van der Waals surface area contributed by atoms with Crippen LogP contribution in [-0.2, 0) is 24.3 Å². The molecular formula is C22H29NO5S2. The second kappa shape index (κ2) is 7.71. The van der Waals surface area contributed by atoms with Crippen LogP contribution in [0.25, 0.3) is 0 Å². The zero-order chi connectivity index (χ0) is 20.9. The van der Waals surface area contributed by atoms with Gasteiger partial charge < -0.3 is 4.74 Å². The summed E-state index contributed by atoms with van der Waals surface area (Å²) in [4.78, 5) is 25.6. The van der Waals surface area contributed by atoms with E-state index >= 15 is 0 Å². The molecule has 4 saturated carbocycles. The molecule has 0 atom stereocenters. The van der Waals surface area contributed by atoms with E-state index in [2.05, 4.69) is 0 Å². The van der Waals surface area contributed by atoms with E-state index in [1.165, 1.54) is 34.9 Å². The number of nitrogens with zero attached hydrogens (tertiary/aromatic N) is 1. The topological polar surface area (TPSA) is 80.8 Å². The van der Waals surface area contributed by atoms with E-state index in [4.69, 9.17) is 4.74 Å². The van der Waals surface area contributed by atoms with Crippen LogP contribution in [-0.4, -0.2) is 44.2 Å². The Balaban J connectivity index is 1.13. The molecule has 164 valence electrons. The van der Waals surface area contributed by atoms with Gasteiger partial charge in [0, 0.05) is 18.5 Å². The van der Waals surface area contributed by atoms with E-state index in [1.54, 1.807) is 17.5 Å². The standard InChI is InChI=1S/C22H29NO5S2/c24-19(22-11-15-8-16(12-22)10-17(9-15)13-22)14-28-21(25)18-3-5-23(6-4-18)30(26,27)20-2-1-7-29-20/h1-2,7,15-18H,3-6,8-14H2. The number of hydrogen-bond acceptors (Lipinski definition) is 6.